The number of hydrogen-bond acceptors (Lipinski definition) is 11. The number of carbonyl (C=O) groups is 2. The number of fused-ring (bicyclic) bond motifs is 2. The molecule has 0 spiro atoms. The van der Waals surface area contributed by atoms with Crippen molar-refractivity contribution in [2.75, 3.05) is 12.8 Å². The number of benzene rings is 3. The molecule has 0 saturated carbocycles. The molecule has 1 heterocycles. The second-order valence-electron chi connectivity index (χ2n) is 7.72. The van der Waals surface area contributed by atoms with Crippen molar-refractivity contribution in [2.45, 2.75) is 16.7 Å². The van der Waals surface area contributed by atoms with Crippen molar-refractivity contribution >= 4 is 48.8 Å². The van der Waals surface area contributed by atoms with E-state index in [1.54, 1.807) is 7.05 Å². The maximum Gasteiger partial charge on any atom is 0.336 e. The van der Waals surface area contributed by atoms with Gasteiger partial charge in [0.1, 0.15) is 30.0 Å². The summed E-state index contributed by atoms with van der Waals surface area (Å²) in [5.74, 6) is -2.06. The number of nitrogens with two attached hydrogens (primary N) is 1. The van der Waals surface area contributed by atoms with Crippen molar-refractivity contribution in [1.82, 2.24) is 5.32 Å². The standard InChI is InChI=1S/C20H14N2O9S2.C3H7NO/c21-13-7-5-11-15(9-3-1-2-4-10(9)20(23)24)12-6-8-14(22)19(33(28,29)30)17(12)31-16(11)18(13)32(25,26)27;1-3(5)4-2/h1-8,21H,22H2,(H,23,24)(H,25,26,27)(H,28,29,30);1-2H3,(H,4,5)/p-2. The fraction of sp³-hybridized carbons (Fsp3) is 0.0870. The molecule has 200 valence electrons. The van der Waals surface area contributed by atoms with Gasteiger partial charge in [-0.05, 0) is 35.9 Å². The molecule has 2 aromatic carbocycles. The molecule has 15 heteroatoms. The van der Waals surface area contributed by atoms with E-state index < -0.39 is 58.4 Å². The van der Waals surface area contributed by atoms with Crippen molar-refractivity contribution in [3.8, 4) is 22.5 Å². The van der Waals surface area contributed by atoms with Gasteiger partial charge in [-0.2, -0.15) is 0 Å². The van der Waals surface area contributed by atoms with Crippen molar-refractivity contribution in [3.63, 3.8) is 0 Å². The molecule has 1 aliphatic heterocycles. The van der Waals surface area contributed by atoms with Crippen LogP contribution in [0.3, 0.4) is 0 Å². The first-order chi connectivity index (χ1) is 17.6. The van der Waals surface area contributed by atoms with Crippen LogP contribution in [0.5, 0.6) is 0 Å². The highest BCUT2D eigenvalue weighted by molar-refractivity contribution is 7.86. The summed E-state index contributed by atoms with van der Waals surface area (Å²) < 4.78 is 77.2. The predicted molar refractivity (Wildman–Crippen MR) is 131 cm³/mol. The van der Waals surface area contributed by atoms with Crippen LogP contribution in [0.4, 0.5) is 5.69 Å². The fourth-order valence-electron chi connectivity index (χ4n) is 3.67. The minimum atomic E-state index is -5.32. The molecule has 0 saturated heterocycles. The van der Waals surface area contributed by atoms with Gasteiger partial charge in [0.05, 0.1) is 16.6 Å². The first kappa shape index (κ1) is 28.3. The van der Waals surface area contributed by atoms with Gasteiger partial charge in [0.15, 0.2) is 11.3 Å². The van der Waals surface area contributed by atoms with E-state index in [1.165, 1.54) is 43.3 Å². The Hall–Kier alpha value is -4.31. The van der Waals surface area contributed by atoms with Gasteiger partial charge in [-0.25, -0.2) is 21.6 Å². The summed E-state index contributed by atoms with van der Waals surface area (Å²) in [4.78, 5) is 19.4. The van der Waals surface area contributed by atoms with Gasteiger partial charge in [-0.3, -0.25) is 10.2 Å². The van der Waals surface area contributed by atoms with Gasteiger partial charge in [-0.1, -0.05) is 18.2 Å². The van der Waals surface area contributed by atoms with Crippen molar-refractivity contribution < 1.29 is 45.1 Å². The number of nitrogen functional groups attached to an aromatic ring is 1. The summed E-state index contributed by atoms with van der Waals surface area (Å²) in [6, 6.07) is 10.2. The third-order valence-electron chi connectivity index (χ3n) is 5.28. The number of nitrogens with one attached hydrogen (secondary N) is 2. The van der Waals surface area contributed by atoms with Crippen LogP contribution in [0.25, 0.3) is 33.4 Å². The molecule has 1 amide bonds. The van der Waals surface area contributed by atoms with E-state index in [0.717, 1.165) is 12.1 Å². The smallest absolute Gasteiger partial charge is 0.336 e. The van der Waals surface area contributed by atoms with Crippen LogP contribution in [0.15, 0.2) is 62.7 Å². The zero-order chi connectivity index (χ0) is 28.6. The summed E-state index contributed by atoms with van der Waals surface area (Å²) in [6.07, 6.45) is 0. The van der Waals surface area contributed by atoms with Crippen LogP contribution < -0.4 is 16.4 Å². The Bertz CT molecular complexity index is 1850. The molecule has 4 rings (SSSR count). The van der Waals surface area contributed by atoms with Crippen molar-refractivity contribution in [2.24, 2.45) is 0 Å². The lowest BCUT2D eigenvalue weighted by Gasteiger charge is -2.22. The quantitative estimate of drug-likeness (QED) is 0.158. The van der Waals surface area contributed by atoms with E-state index >= 15 is 0 Å². The van der Waals surface area contributed by atoms with Gasteiger partial charge in [0.25, 0.3) is 0 Å². The average Bonchev–Trinajstić information content (AvgIpc) is 2.81. The minimum absolute atomic E-state index is 0.00463. The number of hydrogen-bond donors (Lipinski definition) is 4. The van der Waals surface area contributed by atoms with Gasteiger partial charge in [0.2, 0.25) is 5.91 Å². The lowest BCUT2D eigenvalue weighted by Crippen LogP contribution is -2.17. The SMILES string of the molecule is CNC(C)=O.N=c1ccc2c(-c3ccccc3C(=O)O)c3ccc(N)c(S(=O)(=O)[O-])c3oc-2c1S(=O)(=O)[O-]. The average molecular weight is 562 g/mol. The highest BCUT2D eigenvalue weighted by Crippen LogP contribution is 2.45. The molecule has 0 aromatic heterocycles. The van der Waals surface area contributed by atoms with Gasteiger partial charge < -0.3 is 29.7 Å². The van der Waals surface area contributed by atoms with Gasteiger partial charge >= 0.3 is 5.97 Å². The normalized spacial score (nSPS) is 11.6. The molecule has 1 aliphatic carbocycles. The van der Waals surface area contributed by atoms with E-state index in [9.17, 15) is 40.6 Å². The summed E-state index contributed by atoms with van der Waals surface area (Å²) in [5, 5.41) is 19.1. The lowest BCUT2D eigenvalue weighted by molar-refractivity contribution is -0.118. The molecule has 38 heavy (non-hydrogen) atoms. The summed E-state index contributed by atoms with van der Waals surface area (Å²) in [5.41, 5.74) is 4.15. The number of carbonyl (C=O) groups excluding carboxylic acids is 1. The fourth-order valence-corrected chi connectivity index (χ4v) is 5.12. The summed E-state index contributed by atoms with van der Waals surface area (Å²) >= 11 is 0. The van der Waals surface area contributed by atoms with E-state index in [4.69, 9.17) is 15.6 Å². The Morgan fingerprint density at radius 1 is 0.947 bits per heavy atom. The number of amides is 1. The molecule has 0 radical (unpaired) electrons. The highest BCUT2D eigenvalue weighted by Gasteiger charge is 2.28. The van der Waals surface area contributed by atoms with E-state index in [1.807, 2.05) is 0 Å². The van der Waals surface area contributed by atoms with Crippen LogP contribution in [0.1, 0.15) is 17.3 Å². The largest absolute Gasteiger partial charge is 0.744 e. The molecule has 5 N–H and O–H groups in total. The van der Waals surface area contributed by atoms with Crippen molar-refractivity contribution in [3.05, 3.63) is 59.5 Å². The van der Waals surface area contributed by atoms with Crippen LogP contribution in [0, 0.1) is 5.41 Å². The highest BCUT2D eigenvalue weighted by atomic mass is 32.2. The molecular weight excluding hydrogens is 542 g/mol. The number of anilines is 1. The van der Waals surface area contributed by atoms with Gasteiger partial charge in [0, 0.05) is 30.5 Å². The maximum atomic E-state index is 12.0. The third kappa shape index (κ3) is 5.35. The molecule has 2 aliphatic rings. The van der Waals surface area contributed by atoms with E-state index in [0.29, 0.717) is 0 Å². The Morgan fingerprint density at radius 2 is 1.53 bits per heavy atom. The third-order valence-corrected chi connectivity index (χ3v) is 7.10. The van der Waals surface area contributed by atoms with Crippen molar-refractivity contribution in [1.29, 1.82) is 5.41 Å². The number of rotatable bonds is 4. The second kappa shape index (κ2) is 10.2. The molecular formula is C23H19N3O10S2-2. The molecule has 0 bridgehead atoms. The number of aromatic carboxylic acids is 1. The molecule has 0 fully saturated rings. The summed E-state index contributed by atoms with van der Waals surface area (Å²) in [6.45, 7) is 1.47. The topological polar surface area (TPSA) is 244 Å². The van der Waals surface area contributed by atoms with Crippen LogP contribution in [0.2, 0.25) is 0 Å². The van der Waals surface area contributed by atoms with Gasteiger partial charge in [-0.15, -0.1) is 0 Å². The first-order valence-corrected chi connectivity index (χ1v) is 13.2. The molecule has 13 nitrogen and oxygen atoms in total. The molecule has 0 atom stereocenters. The Kier molecular flexibility index (Phi) is 7.60. The van der Waals surface area contributed by atoms with Crippen LogP contribution in [-0.2, 0) is 25.0 Å². The zero-order valence-electron chi connectivity index (χ0n) is 19.6. The maximum absolute atomic E-state index is 12.0. The second-order valence-corrected chi connectivity index (χ2v) is 10.4. The van der Waals surface area contributed by atoms with E-state index in [-0.39, 0.29) is 33.5 Å². The molecule has 0 unspecified atom stereocenters. The molecule has 2 aromatic rings. The Morgan fingerprint density at radius 3 is 2.05 bits per heavy atom. The lowest BCUT2D eigenvalue weighted by atomic mass is 9.90. The predicted octanol–water partition coefficient (Wildman–Crippen LogP) is 1.52. The number of carboxylic acid groups (broad SMARTS) is 1. The monoisotopic (exact) mass is 561 g/mol. The first-order valence-electron chi connectivity index (χ1n) is 10.4. The zero-order valence-corrected chi connectivity index (χ0v) is 21.3. The van der Waals surface area contributed by atoms with Crippen LogP contribution >= 0.6 is 0 Å². The number of carboxylic acids is 1. The Balaban J connectivity index is 0.000000732. The van der Waals surface area contributed by atoms with Crippen LogP contribution in [-0.4, -0.2) is 50.0 Å². The Labute approximate surface area is 215 Å². The van der Waals surface area contributed by atoms with E-state index in [2.05, 4.69) is 5.32 Å². The summed E-state index contributed by atoms with van der Waals surface area (Å²) in [7, 11) is -8.99. The minimum Gasteiger partial charge on any atom is -0.744 e.